The Kier molecular flexibility index (Phi) is 4.32. The lowest BCUT2D eigenvalue weighted by Crippen LogP contribution is -2.19. The van der Waals surface area contributed by atoms with Gasteiger partial charge >= 0.3 is 0 Å². The molecule has 0 spiro atoms. The first-order valence-corrected chi connectivity index (χ1v) is 8.97. The van der Waals surface area contributed by atoms with Crippen LogP contribution < -0.4 is 10.2 Å². The summed E-state index contributed by atoms with van der Waals surface area (Å²) >= 11 is 1.92. The fourth-order valence-corrected chi connectivity index (χ4v) is 4.13. The SMILES string of the molecule is CCC1CCN(c2nc(C(C)C)c(CNC3CC3)s2)C1. The van der Waals surface area contributed by atoms with E-state index in [-0.39, 0.29) is 0 Å². The van der Waals surface area contributed by atoms with E-state index in [0.717, 1.165) is 18.5 Å². The molecule has 0 amide bonds. The predicted octanol–water partition coefficient (Wildman–Crippen LogP) is 3.75. The Morgan fingerprint density at radius 3 is 2.75 bits per heavy atom. The highest BCUT2D eigenvalue weighted by Crippen LogP contribution is 2.34. The van der Waals surface area contributed by atoms with Crippen LogP contribution in [0.5, 0.6) is 0 Å². The minimum atomic E-state index is 0.528. The molecule has 0 bridgehead atoms. The van der Waals surface area contributed by atoms with Crippen LogP contribution in [0.1, 0.15) is 62.9 Å². The Morgan fingerprint density at radius 2 is 2.15 bits per heavy atom. The van der Waals surface area contributed by atoms with Gasteiger partial charge in [-0.1, -0.05) is 27.2 Å². The number of nitrogens with zero attached hydrogens (tertiary/aromatic N) is 2. The molecule has 2 aliphatic rings. The first-order valence-electron chi connectivity index (χ1n) is 8.15. The van der Waals surface area contributed by atoms with Crippen LogP contribution in [0, 0.1) is 5.92 Å². The van der Waals surface area contributed by atoms with Gasteiger partial charge in [0.05, 0.1) is 5.69 Å². The van der Waals surface area contributed by atoms with Crippen LogP contribution in [-0.4, -0.2) is 24.1 Å². The van der Waals surface area contributed by atoms with E-state index >= 15 is 0 Å². The highest BCUT2D eigenvalue weighted by Gasteiger charge is 2.26. The zero-order valence-corrected chi connectivity index (χ0v) is 13.8. The molecule has 1 aromatic heterocycles. The average Bonchev–Trinajstić information content (AvgIpc) is 2.98. The summed E-state index contributed by atoms with van der Waals surface area (Å²) in [6, 6.07) is 0.775. The summed E-state index contributed by atoms with van der Waals surface area (Å²) in [6.45, 7) is 10.2. The van der Waals surface area contributed by atoms with Crippen LogP contribution in [0.25, 0.3) is 0 Å². The van der Waals surface area contributed by atoms with Crippen molar-refractivity contribution in [1.82, 2.24) is 10.3 Å². The summed E-state index contributed by atoms with van der Waals surface area (Å²) in [5, 5.41) is 4.91. The molecule has 1 atom stereocenters. The quantitative estimate of drug-likeness (QED) is 0.865. The lowest BCUT2D eigenvalue weighted by atomic mass is 10.1. The number of rotatable bonds is 6. The molecule has 1 aliphatic heterocycles. The van der Waals surface area contributed by atoms with Crippen LogP contribution in [0.4, 0.5) is 5.13 Å². The smallest absolute Gasteiger partial charge is 0.185 e. The number of nitrogens with one attached hydrogen (secondary N) is 1. The van der Waals surface area contributed by atoms with Crippen molar-refractivity contribution in [3.8, 4) is 0 Å². The summed E-state index contributed by atoms with van der Waals surface area (Å²) in [6.07, 6.45) is 5.34. The van der Waals surface area contributed by atoms with E-state index in [4.69, 9.17) is 4.98 Å². The second-order valence-corrected chi connectivity index (χ2v) is 7.69. The second kappa shape index (κ2) is 6.02. The van der Waals surface area contributed by atoms with Gasteiger partial charge in [-0.25, -0.2) is 4.98 Å². The van der Waals surface area contributed by atoms with Crippen molar-refractivity contribution in [2.24, 2.45) is 5.92 Å². The fourth-order valence-electron chi connectivity index (χ4n) is 2.93. The number of thiazole rings is 1. The molecular weight excluding hydrogens is 266 g/mol. The number of hydrogen-bond donors (Lipinski definition) is 1. The Bertz CT molecular complexity index is 451. The molecule has 1 aliphatic carbocycles. The third kappa shape index (κ3) is 3.17. The third-order valence-electron chi connectivity index (χ3n) is 4.53. The average molecular weight is 293 g/mol. The minimum absolute atomic E-state index is 0.528. The van der Waals surface area contributed by atoms with Crippen molar-refractivity contribution < 1.29 is 0 Å². The normalized spacial score (nSPS) is 23.0. The highest BCUT2D eigenvalue weighted by atomic mass is 32.1. The molecule has 1 N–H and O–H groups in total. The third-order valence-corrected chi connectivity index (χ3v) is 5.66. The van der Waals surface area contributed by atoms with E-state index in [0.29, 0.717) is 5.92 Å². The zero-order chi connectivity index (χ0) is 14.1. The summed E-state index contributed by atoms with van der Waals surface area (Å²) in [5.41, 5.74) is 1.32. The lowest BCUT2D eigenvalue weighted by Gasteiger charge is -2.14. The first-order chi connectivity index (χ1) is 9.67. The highest BCUT2D eigenvalue weighted by molar-refractivity contribution is 7.15. The van der Waals surface area contributed by atoms with Gasteiger partial charge in [-0.05, 0) is 31.1 Å². The molecule has 1 saturated heterocycles. The number of anilines is 1. The van der Waals surface area contributed by atoms with Crippen LogP contribution >= 0.6 is 11.3 Å². The van der Waals surface area contributed by atoms with Gasteiger partial charge in [0.25, 0.3) is 0 Å². The van der Waals surface area contributed by atoms with Gasteiger partial charge in [0.1, 0.15) is 0 Å². The van der Waals surface area contributed by atoms with E-state index in [2.05, 4.69) is 31.0 Å². The molecule has 1 aromatic rings. The lowest BCUT2D eigenvalue weighted by molar-refractivity contribution is 0.569. The van der Waals surface area contributed by atoms with E-state index in [1.807, 2.05) is 11.3 Å². The largest absolute Gasteiger partial charge is 0.348 e. The standard InChI is InChI=1S/C16H27N3S/c1-4-12-7-8-19(10-12)16-18-15(11(2)3)14(20-16)9-17-13-5-6-13/h11-13,17H,4-10H2,1-3H3. The molecule has 0 radical (unpaired) electrons. The maximum atomic E-state index is 4.96. The number of hydrogen-bond acceptors (Lipinski definition) is 4. The number of aromatic nitrogens is 1. The molecule has 1 unspecified atom stereocenters. The Balaban J connectivity index is 1.72. The van der Waals surface area contributed by atoms with Crippen LogP contribution in [0.3, 0.4) is 0 Å². The van der Waals surface area contributed by atoms with Crippen molar-refractivity contribution in [3.05, 3.63) is 10.6 Å². The summed E-state index contributed by atoms with van der Waals surface area (Å²) in [5.74, 6) is 1.40. The maximum absolute atomic E-state index is 4.96. The molecule has 0 aromatic carbocycles. The van der Waals surface area contributed by atoms with Crippen molar-refractivity contribution in [1.29, 1.82) is 0 Å². The summed E-state index contributed by atoms with van der Waals surface area (Å²) in [7, 11) is 0. The molecule has 3 rings (SSSR count). The van der Waals surface area contributed by atoms with Crippen molar-refractivity contribution >= 4 is 16.5 Å². The van der Waals surface area contributed by atoms with E-state index in [1.165, 1.54) is 54.5 Å². The molecule has 112 valence electrons. The van der Waals surface area contributed by atoms with Gasteiger partial charge < -0.3 is 10.2 Å². The van der Waals surface area contributed by atoms with E-state index in [1.54, 1.807) is 0 Å². The second-order valence-electron chi connectivity index (χ2n) is 6.62. The molecule has 4 heteroatoms. The Morgan fingerprint density at radius 1 is 1.35 bits per heavy atom. The van der Waals surface area contributed by atoms with Crippen molar-refractivity contribution in [3.63, 3.8) is 0 Å². The van der Waals surface area contributed by atoms with Crippen LogP contribution in [0.15, 0.2) is 0 Å². The Labute approximate surface area is 126 Å². The van der Waals surface area contributed by atoms with Crippen molar-refractivity contribution in [2.75, 3.05) is 18.0 Å². The van der Waals surface area contributed by atoms with Gasteiger partial charge in [-0.2, -0.15) is 0 Å². The van der Waals surface area contributed by atoms with E-state index < -0.39 is 0 Å². The van der Waals surface area contributed by atoms with Gasteiger partial charge in [-0.3, -0.25) is 0 Å². The van der Waals surface area contributed by atoms with E-state index in [9.17, 15) is 0 Å². The minimum Gasteiger partial charge on any atom is -0.348 e. The van der Waals surface area contributed by atoms with Crippen LogP contribution in [-0.2, 0) is 6.54 Å². The maximum Gasteiger partial charge on any atom is 0.185 e. The topological polar surface area (TPSA) is 28.2 Å². The zero-order valence-electron chi connectivity index (χ0n) is 13.0. The molecular formula is C16H27N3S. The Hall–Kier alpha value is -0.610. The predicted molar refractivity (Wildman–Crippen MR) is 86.7 cm³/mol. The monoisotopic (exact) mass is 293 g/mol. The first kappa shape index (κ1) is 14.3. The van der Waals surface area contributed by atoms with Crippen molar-refractivity contribution in [2.45, 2.75) is 65.0 Å². The summed E-state index contributed by atoms with van der Waals surface area (Å²) in [4.78, 5) is 8.93. The molecule has 20 heavy (non-hydrogen) atoms. The van der Waals surface area contributed by atoms with Gasteiger partial charge in [-0.15, -0.1) is 11.3 Å². The van der Waals surface area contributed by atoms with Gasteiger partial charge in [0, 0.05) is 30.6 Å². The van der Waals surface area contributed by atoms with Gasteiger partial charge in [0.15, 0.2) is 5.13 Å². The fraction of sp³-hybridized carbons (Fsp3) is 0.812. The molecule has 2 heterocycles. The molecule has 3 nitrogen and oxygen atoms in total. The summed E-state index contributed by atoms with van der Waals surface area (Å²) < 4.78 is 0. The molecule has 1 saturated carbocycles. The van der Waals surface area contributed by atoms with Gasteiger partial charge in [0.2, 0.25) is 0 Å². The van der Waals surface area contributed by atoms with Crippen LogP contribution in [0.2, 0.25) is 0 Å². The molecule has 2 fully saturated rings.